The summed E-state index contributed by atoms with van der Waals surface area (Å²) in [6.07, 6.45) is 1.47. The first-order chi connectivity index (χ1) is 15.6. The largest absolute Gasteiger partial charge is 0.449 e. The SMILES string of the molecule is N=C1CN(C(=O)C2C=C(CC3CNC(O)c4ccccc43)C=CC2)CCN1C(=N)C(F)(F)F. The molecule has 4 N–H and O–H groups in total. The summed E-state index contributed by atoms with van der Waals surface area (Å²) in [6, 6.07) is 7.72. The summed E-state index contributed by atoms with van der Waals surface area (Å²) in [6.45, 7) is 0.153. The number of alkyl halides is 3. The topological polar surface area (TPSA) is 104 Å². The number of nitrogens with zero attached hydrogens (tertiary/aromatic N) is 2. The first-order valence-electron chi connectivity index (χ1n) is 10.8. The molecular weight excluding hydrogens is 435 g/mol. The van der Waals surface area contributed by atoms with E-state index in [1.807, 2.05) is 42.5 Å². The van der Waals surface area contributed by atoms with E-state index in [9.17, 15) is 23.1 Å². The summed E-state index contributed by atoms with van der Waals surface area (Å²) in [5.74, 6) is -2.51. The van der Waals surface area contributed by atoms with Gasteiger partial charge < -0.3 is 14.9 Å². The van der Waals surface area contributed by atoms with Crippen LogP contribution >= 0.6 is 0 Å². The van der Waals surface area contributed by atoms with Crippen molar-refractivity contribution in [2.75, 3.05) is 26.2 Å². The van der Waals surface area contributed by atoms with Gasteiger partial charge in [-0.1, -0.05) is 48.1 Å². The third-order valence-electron chi connectivity index (χ3n) is 6.33. The van der Waals surface area contributed by atoms with Crippen molar-refractivity contribution in [1.29, 1.82) is 10.8 Å². The number of aliphatic hydroxyl groups excluding tert-OH is 1. The van der Waals surface area contributed by atoms with Crippen molar-refractivity contribution in [3.8, 4) is 0 Å². The van der Waals surface area contributed by atoms with Crippen LogP contribution in [0.25, 0.3) is 0 Å². The molecule has 1 saturated heterocycles. The van der Waals surface area contributed by atoms with E-state index in [2.05, 4.69) is 5.32 Å². The second-order valence-electron chi connectivity index (χ2n) is 8.53. The molecule has 0 saturated carbocycles. The number of carbonyl (C=O) groups is 1. The summed E-state index contributed by atoms with van der Waals surface area (Å²) in [7, 11) is 0. The predicted molar refractivity (Wildman–Crippen MR) is 117 cm³/mol. The lowest BCUT2D eigenvalue weighted by molar-refractivity contribution is -0.133. The molecule has 1 aromatic carbocycles. The van der Waals surface area contributed by atoms with Crippen molar-refractivity contribution in [2.45, 2.75) is 31.2 Å². The third-order valence-corrected chi connectivity index (χ3v) is 6.33. The summed E-state index contributed by atoms with van der Waals surface area (Å²) in [4.78, 5) is 15.1. The van der Waals surface area contributed by atoms with Crippen molar-refractivity contribution >= 4 is 17.6 Å². The van der Waals surface area contributed by atoms with Gasteiger partial charge in [-0.05, 0) is 24.0 Å². The van der Waals surface area contributed by atoms with Crippen LogP contribution < -0.4 is 5.32 Å². The molecule has 0 aromatic heterocycles. The van der Waals surface area contributed by atoms with Crippen LogP contribution in [-0.2, 0) is 4.79 Å². The minimum Gasteiger partial charge on any atom is -0.374 e. The molecular formula is C23H26F3N5O2. The zero-order chi connectivity index (χ0) is 23.8. The van der Waals surface area contributed by atoms with Gasteiger partial charge in [0.1, 0.15) is 12.1 Å². The minimum atomic E-state index is -4.83. The number of amides is 1. The highest BCUT2D eigenvalue weighted by Crippen LogP contribution is 2.34. The molecule has 3 aliphatic rings. The molecule has 0 spiro atoms. The Kier molecular flexibility index (Phi) is 6.40. The van der Waals surface area contributed by atoms with Gasteiger partial charge in [0.05, 0.1) is 12.5 Å². The number of nitrogens with one attached hydrogen (secondary N) is 3. The standard InChI is InChI=1S/C23H26F3N5O2/c24-23(25,26)22(28)31-9-8-30(13-19(31)27)21(33)15-5-3-4-14(10-15)11-16-12-29-20(32)18-7-2-1-6-17(16)18/h1-4,6-7,10,15-16,20,27-29,32H,5,8-9,11-13H2. The zero-order valence-electron chi connectivity index (χ0n) is 17.9. The molecule has 1 fully saturated rings. The molecule has 1 aromatic rings. The number of carbonyl (C=O) groups excluding carboxylic acids is 1. The first-order valence-corrected chi connectivity index (χ1v) is 10.8. The summed E-state index contributed by atoms with van der Waals surface area (Å²) in [5, 5.41) is 28.5. The van der Waals surface area contributed by atoms with Crippen LogP contribution in [0.1, 0.15) is 36.1 Å². The van der Waals surface area contributed by atoms with E-state index in [-0.39, 0.29) is 31.5 Å². The Morgan fingerprint density at radius 3 is 2.64 bits per heavy atom. The van der Waals surface area contributed by atoms with Gasteiger partial charge >= 0.3 is 6.18 Å². The van der Waals surface area contributed by atoms with Crippen molar-refractivity contribution in [1.82, 2.24) is 15.1 Å². The summed E-state index contributed by atoms with van der Waals surface area (Å²) < 4.78 is 38.5. The van der Waals surface area contributed by atoms with Gasteiger partial charge in [-0.25, -0.2) is 0 Å². The molecule has 2 heterocycles. The molecule has 1 aliphatic carbocycles. The van der Waals surface area contributed by atoms with Crippen LogP contribution in [-0.4, -0.2) is 64.8 Å². The number of hydrogen-bond acceptors (Lipinski definition) is 5. The minimum absolute atomic E-state index is 0.0286. The van der Waals surface area contributed by atoms with E-state index in [0.29, 0.717) is 24.3 Å². The molecule has 0 radical (unpaired) electrons. The van der Waals surface area contributed by atoms with E-state index in [0.717, 1.165) is 16.7 Å². The van der Waals surface area contributed by atoms with Gasteiger partial charge in [0.15, 0.2) is 0 Å². The van der Waals surface area contributed by atoms with Gasteiger partial charge in [-0.15, -0.1) is 0 Å². The van der Waals surface area contributed by atoms with Crippen LogP contribution in [0.2, 0.25) is 0 Å². The Labute approximate surface area is 189 Å². The van der Waals surface area contributed by atoms with E-state index in [1.165, 1.54) is 4.90 Å². The molecule has 2 aliphatic heterocycles. The number of fused-ring (bicyclic) bond motifs is 1. The summed E-state index contributed by atoms with van der Waals surface area (Å²) >= 11 is 0. The molecule has 4 rings (SSSR count). The van der Waals surface area contributed by atoms with Crippen LogP contribution in [0.3, 0.4) is 0 Å². The quantitative estimate of drug-likeness (QED) is 0.411. The maximum Gasteiger partial charge on any atom is 0.449 e. The molecule has 10 heteroatoms. The fourth-order valence-electron chi connectivity index (χ4n) is 4.65. The number of halogens is 3. The summed E-state index contributed by atoms with van der Waals surface area (Å²) in [5.41, 5.74) is 2.91. The lowest BCUT2D eigenvalue weighted by atomic mass is 9.83. The van der Waals surface area contributed by atoms with Crippen LogP contribution in [0.5, 0.6) is 0 Å². The Morgan fingerprint density at radius 2 is 1.94 bits per heavy atom. The second kappa shape index (κ2) is 9.11. The number of aliphatic hydroxyl groups is 1. The predicted octanol–water partition coefficient (Wildman–Crippen LogP) is 2.92. The smallest absolute Gasteiger partial charge is 0.374 e. The highest BCUT2D eigenvalue weighted by Gasteiger charge is 2.42. The lowest BCUT2D eigenvalue weighted by Crippen LogP contribution is -2.57. The molecule has 3 atom stereocenters. The normalized spacial score (nSPS) is 25.5. The molecule has 3 unspecified atom stereocenters. The maximum atomic E-state index is 13.1. The fraction of sp³-hybridized carbons (Fsp3) is 0.435. The molecule has 7 nitrogen and oxygen atoms in total. The third kappa shape index (κ3) is 4.86. The number of benzene rings is 1. The average Bonchev–Trinajstić information content (AvgIpc) is 2.80. The monoisotopic (exact) mass is 461 g/mol. The van der Waals surface area contributed by atoms with E-state index in [1.54, 1.807) is 0 Å². The number of allylic oxidation sites excluding steroid dienone is 3. The second-order valence-corrected chi connectivity index (χ2v) is 8.53. The molecule has 33 heavy (non-hydrogen) atoms. The van der Waals surface area contributed by atoms with Crippen LogP contribution in [0.4, 0.5) is 13.2 Å². The Hall–Kier alpha value is -2.98. The Bertz CT molecular complexity index is 1020. The lowest BCUT2D eigenvalue weighted by Gasteiger charge is -2.38. The molecule has 176 valence electrons. The van der Waals surface area contributed by atoms with Gasteiger partial charge in [0, 0.05) is 25.6 Å². The van der Waals surface area contributed by atoms with Gasteiger partial charge in [0.2, 0.25) is 11.7 Å². The van der Waals surface area contributed by atoms with Crippen molar-refractivity contribution < 1.29 is 23.1 Å². The van der Waals surface area contributed by atoms with Gasteiger partial charge in [-0.2, -0.15) is 13.2 Å². The van der Waals surface area contributed by atoms with Crippen LogP contribution in [0, 0.1) is 16.7 Å². The van der Waals surface area contributed by atoms with E-state index in [4.69, 9.17) is 10.8 Å². The maximum absolute atomic E-state index is 13.1. The first kappa shape index (κ1) is 23.2. The highest BCUT2D eigenvalue weighted by atomic mass is 19.4. The van der Waals surface area contributed by atoms with E-state index < -0.39 is 30.0 Å². The number of hydrogen-bond donors (Lipinski definition) is 4. The fourth-order valence-corrected chi connectivity index (χ4v) is 4.65. The molecule has 1 amide bonds. The number of rotatable bonds is 3. The van der Waals surface area contributed by atoms with Crippen molar-refractivity contribution in [3.05, 3.63) is 59.2 Å². The zero-order valence-corrected chi connectivity index (χ0v) is 17.9. The van der Waals surface area contributed by atoms with Crippen molar-refractivity contribution in [2.24, 2.45) is 5.92 Å². The van der Waals surface area contributed by atoms with Crippen molar-refractivity contribution in [3.63, 3.8) is 0 Å². The van der Waals surface area contributed by atoms with Gasteiger partial charge in [0.25, 0.3) is 0 Å². The number of piperazine rings is 1. The number of amidine groups is 2. The highest BCUT2D eigenvalue weighted by molar-refractivity contribution is 6.03. The van der Waals surface area contributed by atoms with Gasteiger partial charge in [-0.3, -0.25) is 20.9 Å². The molecule has 0 bridgehead atoms. The average molecular weight is 461 g/mol. The Balaban J connectivity index is 1.42. The van der Waals surface area contributed by atoms with E-state index >= 15 is 0 Å². The Morgan fingerprint density at radius 1 is 1.21 bits per heavy atom. The van der Waals surface area contributed by atoms with Crippen LogP contribution in [0.15, 0.2) is 48.1 Å².